The highest BCUT2D eigenvalue weighted by Gasteiger charge is 2.31. The molecule has 1 heterocycles. The molecule has 0 saturated heterocycles. The van der Waals surface area contributed by atoms with Crippen LogP contribution in [0.2, 0.25) is 0 Å². The molecule has 0 aromatic rings. The van der Waals surface area contributed by atoms with E-state index in [9.17, 15) is 13.2 Å². The van der Waals surface area contributed by atoms with Crippen molar-refractivity contribution < 1.29 is 13.2 Å². The van der Waals surface area contributed by atoms with Gasteiger partial charge in [0.05, 0.1) is 6.42 Å². The van der Waals surface area contributed by atoms with Gasteiger partial charge in [-0.1, -0.05) is 25.6 Å². The average Bonchev–Trinajstić information content (AvgIpc) is 2.05. The monoisotopic (exact) mass is 254 g/mol. The Hall–Kier alpha value is -0.390. The Balaban J connectivity index is 2.41. The van der Waals surface area contributed by atoms with Crippen molar-refractivity contribution in [3.8, 4) is 0 Å². The van der Waals surface area contributed by atoms with Crippen LogP contribution in [0.5, 0.6) is 0 Å². The summed E-state index contributed by atoms with van der Waals surface area (Å²) in [6.45, 7) is 6.39. The van der Waals surface area contributed by atoms with Gasteiger partial charge in [-0.25, -0.2) is 0 Å². The van der Waals surface area contributed by atoms with Gasteiger partial charge in [-0.05, 0) is 12.3 Å². The summed E-state index contributed by atoms with van der Waals surface area (Å²) in [5.74, 6) is 0.886. The van der Waals surface area contributed by atoms with Crippen molar-refractivity contribution >= 4 is 16.9 Å². The van der Waals surface area contributed by atoms with Crippen LogP contribution in [0.25, 0.3) is 0 Å². The highest BCUT2D eigenvalue weighted by molar-refractivity contribution is 8.13. The number of nitrogens with one attached hydrogen (secondary N) is 1. The van der Waals surface area contributed by atoms with Gasteiger partial charge in [0.1, 0.15) is 0 Å². The first-order valence-corrected chi connectivity index (χ1v) is 6.17. The van der Waals surface area contributed by atoms with E-state index in [1.165, 1.54) is 18.7 Å². The molecule has 0 radical (unpaired) electrons. The van der Waals surface area contributed by atoms with E-state index >= 15 is 0 Å². The lowest BCUT2D eigenvalue weighted by Crippen LogP contribution is -2.38. The van der Waals surface area contributed by atoms with Crippen molar-refractivity contribution in [2.75, 3.05) is 12.3 Å². The molecule has 1 atom stereocenters. The van der Waals surface area contributed by atoms with Crippen molar-refractivity contribution in [1.29, 1.82) is 0 Å². The fourth-order valence-corrected chi connectivity index (χ4v) is 2.40. The van der Waals surface area contributed by atoms with Crippen LogP contribution in [0.4, 0.5) is 13.2 Å². The van der Waals surface area contributed by atoms with Gasteiger partial charge in [-0.15, -0.1) is 0 Å². The molecule has 2 nitrogen and oxygen atoms in total. The summed E-state index contributed by atoms with van der Waals surface area (Å²) in [7, 11) is 0. The second kappa shape index (κ2) is 4.85. The Bertz CT molecular complexity index is 274. The Labute approximate surface area is 98.1 Å². The van der Waals surface area contributed by atoms with E-state index < -0.39 is 18.6 Å². The molecule has 0 fully saturated rings. The van der Waals surface area contributed by atoms with E-state index in [0.29, 0.717) is 11.7 Å². The maximum absolute atomic E-state index is 12.1. The van der Waals surface area contributed by atoms with Crippen molar-refractivity contribution in [3.63, 3.8) is 0 Å². The zero-order valence-electron chi connectivity index (χ0n) is 9.69. The summed E-state index contributed by atoms with van der Waals surface area (Å²) >= 11 is 1.50. The quantitative estimate of drug-likeness (QED) is 0.819. The van der Waals surface area contributed by atoms with Crippen LogP contribution in [0.3, 0.4) is 0 Å². The van der Waals surface area contributed by atoms with Crippen molar-refractivity contribution in [2.24, 2.45) is 10.4 Å². The fraction of sp³-hybridized carbons (Fsp3) is 0.900. The third kappa shape index (κ3) is 5.09. The number of halogens is 3. The zero-order valence-corrected chi connectivity index (χ0v) is 10.5. The Morgan fingerprint density at radius 3 is 2.56 bits per heavy atom. The Morgan fingerprint density at radius 1 is 1.50 bits per heavy atom. The molecule has 1 aliphatic rings. The van der Waals surface area contributed by atoms with Gasteiger partial charge in [0.25, 0.3) is 0 Å². The number of rotatable bonds is 2. The molecule has 1 N–H and O–H groups in total. The molecule has 0 aliphatic carbocycles. The first-order chi connectivity index (χ1) is 7.18. The molecule has 0 bridgehead atoms. The third-order valence-electron chi connectivity index (χ3n) is 2.16. The van der Waals surface area contributed by atoms with E-state index in [1.54, 1.807) is 0 Å². The van der Waals surface area contributed by atoms with E-state index in [-0.39, 0.29) is 5.41 Å². The normalized spacial score (nSPS) is 22.5. The van der Waals surface area contributed by atoms with Crippen molar-refractivity contribution in [2.45, 2.75) is 39.4 Å². The molecule has 94 valence electrons. The van der Waals surface area contributed by atoms with Gasteiger partial charge in [-0.2, -0.15) is 13.2 Å². The number of amidine groups is 1. The van der Waals surface area contributed by atoms with Gasteiger partial charge in [0.15, 0.2) is 5.17 Å². The lowest BCUT2D eigenvalue weighted by Gasteiger charge is -2.28. The number of hydrogen-bond donors (Lipinski definition) is 1. The summed E-state index contributed by atoms with van der Waals surface area (Å²) in [5, 5.41) is 3.44. The van der Waals surface area contributed by atoms with Crippen LogP contribution in [0.1, 0.15) is 27.2 Å². The first-order valence-electron chi connectivity index (χ1n) is 5.18. The predicted molar refractivity (Wildman–Crippen MR) is 61.8 cm³/mol. The first kappa shape index (κ1) is 13.7. The molecular weight excluding hydrogens is 237 g/mol. The van der Waals surface area contributed by atoms with Crippen LogP contribution in [-0.2, 0) is 0 Å². The third-order valence-corrected chi connectivity index (χ3v) is 3.60. The minimum atomic E-state index is -4.12. The van der Waals surface area contributed by atoms with Crippen LogP contribution in [0.15, 0.2) is 4.99 Å². The summed E-state index contributed by atoms with van der Waals surface area (Å²) in [6.07, 6.45) is -4.94. The minimum absolute atomic E-state index is 0.142. The summed E-state index contributed by atoms with van der Waals surface area (Å²) in [4.78, 5) is 4.25. The lowest BCUT2D eigenvalue weighted by atomic mass is 9.97. The van der Waals surface area contributed by atoms with Gasteiger partial charge in [0, 0.05) is 18.3 Å². The number of nitrogens with zero attached hydrogens (tertiary/aromatic N) is 1. The van der Waals surface area contributed by atoms with Gasteiger partial charge < -0.3 is 5.32 Å². The van der Waals surface area contributed by atoms with Crippen LogP contribution < -0.4 is 5.32 Å². The molecule has 1 aliphatic heterocycles. The molecule has 0 amide bonds. The highest BCUT2D eigenvalue weighted by Crippen LogP contribution is 2.28. The van der Waals surface area contributed by atoms with Gasteiger partial charge in [0.2, 0.25) is 0 Å². The summed E-state index contributed by atoms with van der Waals surface area (Å²) < 4.78 is 36.3. The van der Waals surface area contributed by atoms with Gasteiger partial charge >= 0.3 is 6.18 Å². The van der Waals surface area contributed by atoms with Gasteiger partial charge in [-0.3, -0.25) is 4.99 Å². The van der Waals surface area contributed by atoms with Crippen molar-refractivity contribution in [1.82, 2.24) is 5.32 Å². The average molecular weight is 254 g/mol. The molecule has 0 aromatic heterocycles. The molecule has 0 spiro atoms. The second-order valence-electron chi connectivity index (χ2n) is 4.94. The molecule has 0 saturated carbocycles. The summed E-state index contributed by atoms with van der Waals surface area (Å²) in [6, 6.07) is -0.618. The highest BCUT2D eigenvalue weighted by atomic mass is 32.2. The standard InChI is InChI=1S/C10H17F3N2S/c1-7(4-10(11,12)13)15-8-14-5-9(2,3)6-16-8/h7H,4-6H2,1-3H3,(H,14,15). The molecule has 1 unspecified atom stereocenters. The largest absolute Gasteiger partial charge is 0.391 e. The smallest absolute Gasteiger partial charge is 0.362 e. The SMILES string of the molecule is CC(CC(F)(F)F)NC1=NCC(C)(C)CS1. The molecule has 1 rings (SSSR count). The second-order valence-corrected chi connectivity index (χ2v) is 5.90. The van der Waals surface area contributed by atoms with E-state index in [1.807, 2.05) is 0 Å². The zero-order chi connectivity index (χ0) is 12.4. The van der Waals surface area contributed by atoms with Crippen LogP contribution in [-0.4, -0.2) is 29.7 Å². The number of thioether (sulfide) groups is 1. The molecule has 6 heteroatoms. The number of alkyl halides is 3. The Kier molecular flexibility index (Phi) is 4.15. The van der Waals surface area contributed by atoms with Crippen LogP contribution in [0, 0.1) is 5.41 Å². The number of aliphatic imine (C=N–C) groups is 1. The number of hydrogen-bond acceptors (Lipinski definition) is 3. The van der Waals surface area contributed by atoms with E-state index in [2.05, 4.69) is 24.2 Å². The summed E-state index contributed by atoms with van der Waals surface area (Å²) in [5.41, 5.74) is 0.142. The molecule has 16 heavy (non-hydrogen) atoms. The minimum Gasteiger partial charge on any atom is -0.362 e. The van der Waals surface area contributed by atoms with E-state index in [4.69, 9.17) is 0 Å². The Morgan fingerprint density at radius 2 is 2.12 bits per heavy atom. The maximum Gasteiger partial charge on any atom is 0.391 e. The lowest BCUT2D eigenvalue weighted by molar-refractivity contribution is -0.138. The predicted octanol–water partition coefficient (Wildman–Crippen LogP) is 3.05. The van der Waals surface area contributed by atoms with E-state index in [0.717, 1.165) is 5.75 Å². The topological polar surface area (TPSA) is 24.4 Å². The molecular formula is C10H17F3N2S. The molecule has 0 aromatic carbocycles. The van der Waals surface area contributed by atoms with Crippen LogP contribution >= 0.6 is 11.8 Å². The maximum atomic E-state index is 12.1. The fourth-order valence-electron chi connectivity index (χ4n) is 1.34. The van der Waals surface area contributed by atoms with Crippen molar-refractivity contribution in [3.05, 3.63) is 0 Å².